The Morgan fingerprint density at radius 1 is 0.521 bits per heavy atom. The predicted molar refractivity (Wildman–Crippen MR) is 209 cm³/mol. The summed E-state index contributed by atoms with van der Waals surface area (Å²) in [5, 5.41) is 2.26. The number of hydrogen-bond donors (Lipinski definition) is 0. The number of benzene rings is 6. The third-order valence-electron chi connectivity index (χ3n) is 9.71. The van der Waals surface area contributed by atoms with Crippen molar-refractivity contribution in [3.63, 3.8) is 0 Å². The van der Waals surface area contributed by atoms with E-state index in [1.807, 2.05) is 34.9 Å². The number of anilines is 3. The minimum atomic E-state index is -0.135. The molecule has 9 rings (SSSR count). The Bertz CT molecular complexity index is 2290. The quantitative estimate of drug-likeness (QED) is 0.173. The molecule has 6 aromatic carbocycles. The van der Waals surface area contributed by atoms with Gasteiger partial charge >= 0.3 is 0 Å². The first kappa shape index (κ1) is 29.6. The molecule has 2 aliphatic rings. The lowest BCUT2D eigenvalue weighted by molar-refractivity contribution is 0.660. The lowest BCUT2D eigenvalue weighted by Crippen LogP contribution is -2.16. The van der Waals surface area contributed by atoms with Crippen LogP contribution >= 0.6 is 34.9 Å². The van der Waals surface area contributed by atoms with E-state index in [1.54, 1.807) is 0 Å². The maximum atomic E-state index is 2.47. The summed E-state index contributed by atoms with van der Waals surface area (Å²) in [5.41, 5.74) is 14.1. The maximum absolute atomic E-state index is 2.47. The SMILES string of the molecule is CC1(C)c2ccccc2-c2c(-c3cccc4c3SCS4)cc(N(c3ccc(-c4ccccc4)cc3)c3ccc(-c4ccccc4)s3)cc21. The Morgan fingerprint density at radius 3 is 2.00 bits per heavy atom. The number of fused-ring (bicyclic) bond motifs is 4. The molecule has 7 aromatic rings. The van der Waals surface area contributed by atoms with E-state index in [9.17, 15) is 0 Å². The predicted octanol–water partition coefficient (Wildman–Crippen LogP) is 13.7. The van der Waals surface area contributed by atoms with E-state index in [0.717, 1.165) is 10.8 Å². The van der Waals surface area contributed by atoms with Crippen LogP contribution in [0.15, 0.2) is 161 Å². The van der Waals surface area contributed by atoms with E-state index >= 15 is 0 Å². The molecule has 0 bridgehead atoms. The molecule has 1 aliphatic heterocycles. The van der Waals surface area contributed by atoms with Crippen molar-refractivity contribution in [2.24, 2.45) is 0 Å². The molecule has 0 saturated carbocycles. The van der Waals surface area contributed by atoms with Crippen LogP contribution in [0.4, 0.5) is 16.4 Å². The van der Waals surface area contributed by atoms with Crippen molar-refractivity contribution in [3.8, 4) is 43.8 Å². The van der Waals surface area contributed by atoms with E-state index in [-0.39, 0.29) is 5.41 Å². The van der Waals surface area contributed by atoms with Crippen LogP contribution < -0.4 is 4.90 Å². The fraction of sp³-hybridized carbons (Fsp3) is 0.0909. The Labute approximate surface area is 295 Å². The van der Waals surface area contributed by atoms with E-state index in [4.69, 9.17) is 0 Å². The molecule has 232 valence electrons. The van der Waals surface area contributed by atoms with Crippen molar-refractivity contribution in [1.82, 2.24) is 0 Å². The van der Waals surface area contributed by atoms with Gasteiger partial charge < -0.3 is 4.90 Å². The van der Waals surface area contributed by atoms with Gasteiger partial charge in [-0.1, -0.05) is 123 Å². The van der Waals surface area contributed by atoms with Gasteiger partial charge in [-0.05, 0) is 92.5 Å². The largest absolute Gasteiger partial charge is 0.302 e. The summed E-state index contributed by atoms with van der Waals surface area (Å²) in [6.45, 7) is 4.78. The van der Waals surface area contributed by atoms with Crippen molar-refractivity contribution < 1.29 is 0 Å². The standard InChI is InChI=1S/C44H33NS3/c1-44(2)37-18-10-9-16-35(37)42-36(34-17-11-19-40-43(34)47-28-46-40)26-33(27-38(42)44)45(41-25-24-39(48-41)31-14-7-4-8-15-31)32-22-20-30(21-23-32)29-12-5-3-6-13-29/h3-27H,28H2,1-2H3. The molecule has 1 nitrogen and oxygen atoms in total. The molecule has 0 saturated heterocycles. The van der Waals surface area contributed by atoms with Crippen molar-refractivity contribution in [2.75, 3.05) is 9.98 Å². The first-order chi connectivity index (χ1) is 23.6. The van der Waals surface area contributed by atoms with E-state index in [2.05, 4.69) is 170 Å². The molecule has 48 heavy (non-hydrogen) atoms. The number of thiophene rings is 1. The van der Waals surface area contributed by atoms with Crippen LogP contribution in [0.1, 0.15) is 25.0 Å². The summed E-state index contributed by atoms with van der Waals surface area (Å²) in [4.78, 5) is 6.53. The zero-order chi connectivity index (χ0) is 32.2. The van der Waals surface area contributed by atoms with Crippen molar-refractivity contribution in [3.05, 3.63) is 163 Å². The summed E-state index contributed by atoms with van der Waals surface area (Å²) < 4.78 is 0. The second kappa shape index (κ2) is 11.9. The van der Waals surface area contributed by atoms with Crippen molar-refractivity contribution >= 4 is 51.2 Å². The molecule has 1 aromatic heterocycles. The van der Waals surface area contributed by atoms with E-state index in [0.29, 0.717) is 0 Å². The van der Waals surface area contributed by atoms with Crippen molar-refractivity contribution in [2.45, 2.75) is 29.1 Å². The number of thioether (sulfide) groups is 2. The Hall–Kier alpha value is -4.48. The fourth-order valence-corrected chi connectivity index (χ4v) is 10.9. The van der Waals surface area contributed by atoms with Crippen LogP contribution in [-0.2, 0) is 5.41 Å². The van der Waals surface area contributed by atoms with Gasteiger partial charge in [0.15, 0.2) is 0 Å². The normalized spacial score (nSPS) is 14.0. The second-order valence-corrected chi connectivity index (χ2v) is 16.3. The van der Waals surface area contributed by atoms with Gasteiger partial charge in [0.25, 0.3) is 0 Å². The van der Waals surface area contributed by atoms with Gasteiger partial charge in [0.2, 0.25) is 0 Å². The molecule has 0 radical (unpaired) electrons. The van der Waals surface area contributed by atoms with Crippen LogP contribution in [0.3, 0.4) is 0 Å². The maximum Gasteiger partial charge on any atom is 0.101 e. The smallest absolute Gasteiger partial charge is 0.101 e. The molecule has 0 N–H and O–H groups in total. The zero-order valence-corrected chi connectivity index (χ0v) is 29.3. The Morgan fingerprint density at radius 2 is 1.21 bits per heavy atom. The first-order valence-electron chi connectivity index (χ1n) is 16.3. The third-order valence-corrected chi connectivity index (χ3v) is 13.3. The van der Waals surface area contributed by atoms with Gasteiger partial charge in [0.05, 0.1) is 0 Å². The van der Waals surface area contributed by atoms with Crippen LogP contribution in [0, 0.1) is 0 Å². The third kappa shape index (κ3) is 4.94. The van der Waals surface area contributed by atoms with Gasteiger partial charge in [0, 0.05) is 36.5 Å². The molecular formula is C44H33NS3. The molecular weight excluding hydrogens is 639 g/mol. The van der Waals surface area contributed by atoms with Crippen LogP contribution in [-0.4, -0.2) is 5.08 Å². The number of hydrogen-bond acceptors (Lipinski definition) is 4. The highest BCUT2D eigenvalue weighted by Gasteiger charge is 2.38. The summed E-state index contributed by atoms with van der Waals surface area (Å²) in [6, 6.07) is 55.8. The molecule has 0 unspecified atom stereocenters. The van der Waals surface area contributed by atoms with Crippen molar-refractivity contribution in [1.29, 1.82) is 0 Å². The molecule has 0 fully saturated rings. The summed E-state index contributed by atoms with van der Waals surface area (Å²) in [6.07, 6.45) is 0. The van der Waals surface area contributed by atoms with Gasteiger partial charge in [-0.15, -0.1) is 34.9 Å². The molecule has 1 aliphatic carbocycles. The number of nitrogens with zero attached hydrogens (tertiary/aromatic N) is 1. The van der Waals surface area contributed by atoms with Crippen LogP contribution in [0.25, 0.3) is 43.8 Å². The van der Waals surface area contributed by atoms with E-state index < -0.39 is 0 Å². The summed E-state index contributed by atoms with van der Waals surface area (Å²) in [7, 11) is 0. The second-order valence-electron chi connectivity index (χ2n) is 12.9. The van der Waals surface area contributed by atoms with E-state index in [1.165, 1.54) is 75.4 Å². The summed E-state index contributed by atoms with van der Waals surface area (Å²) in [5.74, 6) is 0. The molecule has 4 heteroatoms. The molecule has 0 spiro atoms. The average molecular weight is 672 g/mol. The number of rotatable bonds is 6. The lowest BCUT2D eigenvalue weighted by Gasteiger charge is -2.28. The fourth-order valence-electron chi connectivity index (χ4n) is 7.33. The van der Waals surface area contributed by atoms with Gasteiger partial charge in [-0.3, -0.25) is 0 Å². The monoisotopic (exact) mass is 671 g/mol. The average Bonchev–Trinajstić information content (AvgIpc) is 3.87. The van der Waals surface area contributed by atoms with Crippen LogP contribution in [0.2, 0.25) is 0 Å². The first-order valence-corrected chi connectivity index (χ1v) is 19.1. The topological polar surface area (TPSA) is 3.24 Å². The van der Waals surface area contributed by atoms with Gasteiger partial charge in [-0.2, -0.15) is 0 Å². The highest BCUT2D eigenvalue weighted by atomic mass is 32.2. The van der Waals surface area contributed by atoms with Crippen LogP contribution in [0.5, 0.6) is 0 Å². The minimum absolute atomic E-state index is 0.135. The van der Waals surface area contributed by atoms with Gasteiger partial charge in [0.1, 0.15) is 5.00 Å². The summed E-state index contributed by atoms with van der Waals surface area (Å²) >= 11 is 5.77. The molecule has 0 amide bonds. The lowest BCUT2D eigenvalue weighted by atomic mass is 9.81. The van der Waals surface area contributed by atoms with Gasteiger partial charge in [-0.25, -0.2) is 0 Å². The highest BCUT2D eigenvalue weighted by Crippen LogP contribution is 2.57. The minimum Gasteiger partial charge on any atom is -0.302 e. The highest BCUT2D eigenvalue weighted by molar-refractivity contribution is 8.18. The zero-order valence-electron chi connectivity index (χ0n) is 26.8. The molecule has 2 heterocycles. The molecule has 0 atom stereocenters. The Balaban J connectivity index is 1.28. The Kier molecular flexibility index (Phi) is 7.34.